The second-order valence-electron chi connectivity index (χ2n) is 2.78. The van der Waals surface area contributed by atoms with Crippen molar-refractivity contribution >= 4 is 5.97 Å². The van der Waals surface area contributed by atoms with Gasteiger partial charge in [-0.25, -0.2) is 13.6 Å². The van der Waals surface area contributed by atoms with Crippen LogP contribution >= 0.6 is 0 Å². The summed E-state index contributed by atoms with van der Waals surface area (Å²) in [6.45, 7) is 0.343. The molecule has 0 unspecified atom stereocenters. The monoisotopic (exact) mass is 220 g/mol. The SMILES string of the molecule is COCCn1nc(C(F)F)cc1C(=O)O. The molecule has 15 heavy (non-hydrogen) atoms. The fourth-order valence-electron chi connectivity index (χ4n) is 1.06. The fourth-order valence-corrected chi connectivity index (χ4v) is 1.06. The first-order chi connectivity index (χ1) is 7.06. The Morgan fingerprint density at radius 2 is 2.40 bits per heavy atom. The van der Waals surface area contributed by atoms with Gasteiger partial charge >= 0.3 is 5.97 Å². The molecule has 0 saturated carbocycles. The Labute approximate surface area is 84.3 Å². The van der Waals surface area contributed by atoms with Gasteiger partial charge in [0.05, 0.1) is 13.2 Å². The summed E-state index contributed by atoms with van der Waals surface area (Å²) in [5.74, 6) is -1.29. The van der Waals surface area contributed by atoms with E-state index < -0.39 is 18.1 Å². The van der Waals surface area contributed by atoms with Gasteiger partial charge in [0.25, 0.3) is 6.43 Å². The number of carboxylic acid groups (broad SMARTS) is 1. The maximum atomic E-state index is 12.2. The van der Waals surface area contributed by atoms with Crippen molar-refractivity contribution in [3.63, 3.8) is 0 Å². The van der Waals surface area contributed by atoms with Crippen molar-refractivity contribution in [2.45, 2.75) is 13.0 Å². The summed E-state index contributed by atoms with van der Waals surface area (Å²) in [6, 6.07) is 0.864. The largest absolute Gasteiger partial charge is 0.477 e. The summed E-state index contributed by atoms with van der Waals surface area (Å²) in [4.78, 5) is 10.7. The number of carbonyl (C=O) groups is 1. The zero-order chi connectivity index (χ0) is 11.4. The predicted octanol–water partition coefficient (Wildman–Crippen LogP) is 1.17. The molecule has 0 aromatic carbocycles. The third kappa shape index (κ3) is 2.72. The van der Waals surface area contributed by atoms with Crippen molar-refractivity contribution in [3.05, 3.63) is 17.5 Å². The van der Waals surface area contributed by atoms with Crippen LogP contribution in [0.2, 0.25) is 0 Å². The third-order valence-electron chi connectivity index (χ3n) is 1.75. The van der Waals surface area contributed by atoms with Crippen LogP contribution in [-0.4, -0.2) is 34.6 Å². The van der Waals surface area contributed by atoms with E-state index in [1.54, 1.807) is 0 Å². The Balaban J connectivity index is 2.95. The topological polar surface area (TPSA) is 64.4 Å². The van der Waals surface area contributed by atoms with Crippen LogP contribution in [0.3, 0.4) is 0 Å². The van der Waals surface area contributed by atoms with Crippen LogP contribution in [0.15, 0.2) is 6.07 Å². The average molecular weight is 220 g/mol. The number of aromatic nitrogens is 2. The lowest BCUT2D eigenvalue weighted by Crippen LogP contribution is -2.13. The molecule has 1 aromatic rings. The number of hydrogen-bond donors (Lipinski definition) is 1. The fraction of sp³-hybridized carbons (Fsp3) is 0.500. The summed E-state index contributed by atoms with van der Waals surface area (Å²) in [5, 5.41) is 12.2. The number of hydrogen-bond acceptors (Lipinski definition) is 3. The van der Waals surface area contributed by atoms with Crippen LogP contribution in [0.25, 0.3) is 0 Å². The summed E-state index contributed by atoms with van der Waals surface area (Å²) >= 11 is 0. The summed E-state index contributed by atoms with van der Waals surface area (Å²) in [5.41, 5.74) is -0.800. The van der Waals surface area contributed by atoms with E-state index in [4.69, 9.17) is 9.84 Å². The second kappa shape index (κ2) is 4.83. The summed E-state index contributed by atoms with van der Waals surface area (Å²) in [7, 11) is 1.43. The smallest absolute Gasteiger partial charge is 0.354 e. The van der Waals surface area contributed by atoms with Gasteiger partial charge in [-0.05, 0) is 6.07 Å². The highest BCUT2D eigenvalue weighted by atomic mass is 19.3. The van der Waals surface area contributed by atoms with Crippen LogP contribution in [0.1, 0.15) is 22.6 Å². The molecule has 1 aromatic heterocycles. The van der Waals surface area contributed by atoms with E-state index in [-0.39, 0.29) is 18.8 Å². The lowest BCUT2D eigenvalue weighted by atomic mass is 10.3. The van der Waals surface area contributed by atoms with Gasteiger partial charge in [-0.15, -0.1) is 0 Å². The normalized spacial score (nSPS) is 10.9. The molecule has 84 valence electrons. The van der Waals surface area contributed by atoms with Gasteiger partial charge in [-0.2, -0.15) is 5.10 Å². The number of alkyl halides is 2. The van der Waals surface area contributed by atoms with Crippen LogP contribution in [-0.2, 0) is 11.3 Å². The van der Waals surface area contributed by atoms with Crippen molar-refractivity contribution in [3.8, 4) is 0 Å². The molecule has 0 aliphatic rings. The van der Waals surface area contributed by atoms with Gasteiger partial charge in [0.2, 0.25) is 0 Å². The Morgan fingerprint density at radius 3 is 2.87 bits per heavy atom. The molecular formula is C8H10F2N2O3. The highest BCUT2D eigenvalue weighted by Crippen LogP contribution is 2.18. The number of carboxylic acids is 1. The number of aromatic carboxylic acids is 1. The zero-order valence-electron chi connectivity index (χ0n) is 7.98. The van der Waals surface area contributed by atoms with E-state index in [0.29, 0.717) is 0 Å². The van der Waals surface area contributed by atoms with Crippen LogP contribution in [0.4, 0.5) is 8.78 Å². The van der Waals surface area contributed by atoms with Gasteiger partial charge in [0, 0.05) is 7.11 Å². The first-order valence-electron chi connectivity index (χ1n) is 4.14. The highest BCUT2D eigenvalue weighted by molar-refractivity contribution is 5.85. The summed E-state index contributed by atoms with van der Waals surface area (Å²) < 4.78 is 30.2. The minimum absolute atomic E-state index is 0.130. The van der Waals surface area contributed by atoms with E-state index in [0.717, 1.165) is 10.7 Å². The molecule has 0 fully saturated rings. The number of methoxy groups -OCH3 is 1. The quantitative estimate of drug-likeness (QED) is 0.808. The molecule has 5 nitrogen and oxygen atoms in total. The Kier molecular flexibility index (Phi) is 3.73. The number of halogens is 2. The number of ether oxygens (including phenoxy) is 1. The minimum atomic E-state index is -2.77. The maximum Gasteiger partial charge on any atom is 0.354 e. The highest BCUT2D eigenvalue weighted by Gasteiger charge is 2.19. The minimum Gasteiger partial charge on any atom is -0.477 e. The molecular weight excluding hydrogens is 210 g/mol. The Hall–Kier alpha value is -1.50. The number of nitrogens with zero attached hydrogens (tertiary/aromatic N) is 2. The van der Waals surface area contributed by atoms with Gasteiger partial charge in [0.15, 0.2) is 0 Å². The van der Waals surface area contributed by atoms with Crippen molar-refractivity contribution < 1.29 is 23.4 Å². The molecule has 0 bridgehead atoms. The molecule has 0 aliphatic carbocycles. The van der Waals surface area contributed by atoms with Crippen molar-refractivity contribution in [2.24, 2.45) is 0 Å². The zero-order valence-corrected chi connectivity index (χ0v) is 7.98. The third-order valence-corrected chi connectivity index (χ3v) is 1.75. The first-order valence-corrected chi connectivity index (χ1v) is 4.14. The van der Waals surface area contributed by atoms with Crippen molar-refractivity contribution in [1.29, 1.82) is 0 Å². The van der Waals surface area contributed by atoms with Gasteiger partial charge in [-0.3, -0.25) is 4.68 Å². The molecule has 1 rings (SSSR count). The van der Waals surface area contributed by atoms with E-state index in [1.807, 2.05) is 0 Å². The maximum absolute atomic E-state index is 12.2. The molecule has 0 amide bonds. The van der Waals surface area contributed by atoms with Crippen LogP contribution < -0.4 is 0 Å². The standard InChI is InChI=1S/C8H10F2N2O3/c1-15-3-2-12-6(8(13)14)4-5(11-12)7(9)10/h4,7H,2-3H2,1H3,(H,13,14). The van der Waals surface area contributed by atoms with Crippen molar-refractivity contribution in [1.82, 2.24) is 9.78 Å². The Bertz CT molecular complexity index is 352. The molecule has 0 atom stereocenters. The summed E-state index contributed by atoms with van der Waals surface area (Å²) in [6.07, 6.45) is -2.77. The lowest BCUT2D eigenvalue weighted by Gasteiger charge is -2.02. The van der Waals surface area contributed by atoms with Crippen molar-refractivity contribution in [2.75, 3.05) is 13.7 Å². The van der Waals surface area contributed by atoms with Crippen LogP contribution in [0.5, 0.6) is 0 Å². The first kappa shape index (κ1) is 11.6. The Morgan fingerprint density at radius 1 is 1.73 bits per heavy atom. The van der Waals surface area contributed by atoms with E-state index in [2.05, 4.69) is 5.10 Å². The van der Waals surface area contributed by atoms with E-state index in [1.165, 1.54) is 7.11 Å². The molecule has 7 heteroatoms. The van der Waals surface area contributed by atoms with Crippen LogP contribution in [0, 0.1) is 0 Å². The second-order valence-corrected chi connectivity index (χ2v) is 2.78. The van der Waals surface area contributed by atoms with Gasteiger partial charge in [-0.1, -0.05) is 0 Å². The van der Waals surface area contributed by atoms with E-state index >= 15 is 0 Å². The van der Waals surface area contributed by atoms with E-state index in [9.17, 15) is 13.6 Å². The lowest BCUT2D eigenvalue weighted by molar-refractivity contribution is 0.0680. The van der Waals surface area contributed by atoms with Gasteiger partial charge < -0.3 is 9.84 Å². The molecule has 0 spiro atoms. The molecule has 1 N–H and O–H groups in total. The molecule has 0 saturated heterocycles. The predicted molar refractivity (Wildman–Crippen MR) is 46.0 cm³/mol. The average Bonchev–Trinajstić information content (AvgIpc) is 2.58. The molecule has 0 aliphatic heterocycles. The molecule has 0 radical (unpaired) electrons. The molecule has 1 heterocycles. The van der Waals surface area contributed by atoms with Gasteiger partial charge in [0.1, 0.15) is 11.4 Å². The number of rotatable bonds is 5.